The van der Waals surface area contributed by atoms with E-state index in [2.05, 4.69) is 39.3 Å². The van der Waals surface area contributed by atoms with E-state index in [1.807, 2.05) is 16.8 Å². The summed E-state index contributed by atoms with van der Waals surface area (Å²) >= 11 is 0. The smallest absolute Gasteiger partial charge is 0.180 e. The molecule has 7 nitrogen and oxygen atoms in total. The lowest BCUT2D eigenvalue weighted by Gasteiger charge is -2.27. The minimum absolute atomic E-state index is 0.575. The summed E-state index contributed by atoms with van der Waals surface area (Å²) in [5.41, 5.74) is 3.46. The predicted octanol–water partition coefficient (Wildman–Crippen LogP) is 0.545. The summed E-state index contributed by atoms with van der Waals surface area (Å²) in [5.74, 6) is 6.98. The number of nitrogens with zero attached hydrogens (tertiary/aromatic N) is 5. The average molecular weight is 275 g/mol. The highest BCUT2D eigenvalue weighted by molar-refractivity contribution is 5.66. The van der Waals surface area contributed by atoms with Crippen LogP contribution in [0.1, 0.15) is 12.8 Å². The van der Waals surface area contributed by atoms with Crippen LogP contribution in [-0.2, 0) is 0 Å². The molecule has 2 aromatic rings. The molecule has 1 saturated heterocycles. The van der Waals surface area contributed by atoms with E-state index in [4.69, 9.17) is 5.84 Å². The lowest BCUT2D eigenvalue weighted by molar-refractivity contribution is 0.314. The molecular weight excluding hydrogens is 254 g/mol. The Morgan fingerprint density at radius 3 is 3.10 bits per heavy atom. The molecule has 1 fully saturated rings. The maximum absolute atomic E-state index is 5.49. The van der Waals surface area contributed by atoms with Crippen molar-refractivity contribution in [2.24, 2.45) is 5.84 Å². The fraction of sp³-hybridized carbons (Fsp3) is 0.538. The van der Waals surface area contributed by atoms with E-state index >= 15 is 0 Å². The molecule has 3 rings (SSSR count). The normalized spacial score (nSPS) is 19.6. The molecule has 0 aromatic carbocycles. The van der Waals surface area contributed by atoms with E-state index in [1.165, 1.54) is 19.4 Å². The molecule has 3 N–H and O–H groups in total. The molecule has 1 unspecified atom stereocenters. The molecule has 0 spiro atoms. The van der Waals surface area contributed by atoms with Crippen LogP contribution in [0, 0.1) is 0 Å². The van der Waals surface area contributed by atoms with Crippen LogP contribution < -0.4 is 16.2 Å². The molecule has 20 heavy (non-hydrogen) atoms. The number of likely N-dealkylation sites (tertiary alicyclic amines) is 1. The number of hydrazine groups is 1. The third-order valence-electron chi connectivity index (χ3n) is 4.02. The highest BCUT2D eigenvalue weighted by Gasteiger charge is 2.23. The van der Waals surface area contributed by atoms with Gasteiger partial charge in [-0.3, -0.25) is 0 Å². The second kappa shape index (κ2) is 5.26. The van der Waals surface area contributed by atoms with Crippen molar-refractivity contribution in [3.8, 4) is 0 Å². The fourth-order valence-electron chi connectivity index (χ4n) is 2.85. The number of nitrogens with two attached hydrogens (primary N) is 1. The number of hydrogen-bond acceptors (Lipinski definition) is 6. The Labute approximate surface area is 118 Å². The lowest BCUT2D eigenvalue weighted by atomic mass is 10.2. The van der Waals surface area contributed by atoms with Gasteiger partial charge in [0.1, 0.15) is 0 Å². The third-order valence-corrected chi connectivity index (χ3v) is 4.02. The molecule has 0 radical (unpaired) electrons. The van der Waals surface area contributed by atoms with Crippen LogP contribution in [0.4, 0.5) is 11.6 Å². The monoisotopic (exact) mass is 275 g/mol. The zero-order valence-corrected chi connectivity index (χ0v) is 12.0. The Balaban J connectivity index is 1.89. The van der Waals surface area contributed by atoms with Gasteiger partial charge >= 0.3 is 0 Å². The summed E-state index contributed by atoms with van der Waals surface area (Å²) in [6, 6.07) is 0.575. The Hall–Kier alpha value is -1.86. The first-order valence-corrected chi connectivity index (χ1v) is 6.90. The molecule has 3 heterocycles. The standard InChI is InChI=1S/C13H21N7/c1-18-6-3-4-10(18)8-19(2)13-12-15-5-7-20(12)9-11(16-13)17-14/h5,7,9-10,17H,3-4,6,8,14H2,1-2H3. The highest BCUT2D eigenvalue weighted by atomic mass is 15.3. The topological polar surface area (TPSA) is 74.7 Å². The number of fused-ring (bicyclic) bond motifs is 1. The van der Waals surface area contributed by atoms with E-state index in [1.54, 1.807) is 6.20 Å². The SMILES string of the molecule is CN(CC1CCCN1C)c1nc(NN)cn2ccnc12. The lowest BCUT2D eigenvalue weighted by Crippen LogP contribution is -2.37. The van der Waals surface area contributed by atoms with E-state index in [0.29, 0.717) is 11.9 Å². The van der Waals surface area contributed by atoms with Crippen molar-refractivity contribution in [3.63, 3.8) is 0 Å². The molecule has 1 aliphatic rings. The van der Waals surface area contributed by atoms with Gasteiger partial charge in [0.25, 0.3) is 0 Å². The molecule has 108 valence electrons. The predicted molar refractivity (Wildman–Crippen MR) is 79.7 cm³/mol. The maximum Gasteiger partial charge on any atom is 0.180 e. The van der Waals surface area contributed by atoms with Crippen LogP contribution in [0.5, 0.6) is 0 Å². The number of likely N-dealkylation sites (N-methyl/N-ethyl adjacent to an activating group) is 2. The van der Waals surface area contributed by atoms with Gasteiger partial charge in [-0.25, -0.2) is 15.8 Å². The first-order valence-electron chi connectivity index (χ1n) is 6.90. The quantitative estimate of drug-likeness (QED) is 0.627. The minimum atomic E-state index is 0.575. The number of rotatable bonds is 4. The maximum atomic E-state index is 5.49. The average Bonchev–Trinajstić information content (AvgIpc) is 3.06. The molecule has 0 saturated carbocycles. The van der Waals surface area contributed by atoms with Crippen molar-refractivity contribution < 1.29 is 0 Å². The Morgan fingerprint density at radius 2 is 2.40 bits per heavy atom. The summed E-state index contributed by atoms with van der Waals surface area (Å²) in [5, 5.41) is 0. The summed E-state index contributed by atoms with van der Waals surface area (Å²) in [6.07, 6.45) is 8.01. The van der Waals surface area contributed by atoms with Gasteiger partial charge in [0.05, 0.1) is 6.20 Å². The number of hydrogen-bond donors (Lipinski definition) is 2. The minimum Gasteiger partial charge on any atom is -0.355 e. The number of nitrogens with one attached hydrogen (secondary N) is 1. The number of anilines is 2. The second-order valence-corrected chi connectivity index (χ2v) is 5.41. The third kappa shape index (κ3) is 2.30. The van der Waals surface area contributed by atoms with Crippen LogP contribution in [0.2, 0.25) is 0 Å². The van der Waals surface area contributed by atoms with Crippen LogP contribution in [-0.4, -0.2) is 52.5 Å². The van der Waals surface area contributed by atoms with Gasteiger partial charge in [-0.15, -0.1) is 0 Å². The van der Waals surface area contributed by atoms with Crippen molar-refractivity contribution in [1.82, 2.24) is 19.3 Å². The van der Waals surface area contributed by atoms with Crippen molar-refractivity contribution in [1.29, 1.82) is 0 Å². The summed E-state index contributed by atoms with van der Waals surface area (Å²) < 4.78 is 1.94. The molecular formula is C13H21N7. The first kappa shape index (κ1) is 13.1. The van der Waals surface area contributed by atoms with Crippen molar-refractivity contribution in [3.05, 3.63) is 18.6 Å². The summed E-state index contributed by atoms with van der Waals surface area (Å²) in [6.45, 7) is 2.12. The van der Waals surface area contributed by atoms with Crippen molar-refractivity contribution >= 4 is 17.3 Å². The van der Waals surface area contributed by atoms with Gasteiger partial charge in [0, 0.05) is 32.0 Å². The van der Waals surface area contributed by atoms with Gasteiger partial charge in [0.2, 0.25) is 0 Å². The van der Waals surface area contributed by atoms with Gasteiger partial charge in [-0.1, -0.05) is 0 Å². The van der Waals surface area contributed by atoms with E-state index < -0.39 is 0 Å². The molecule has 7 heteroatoms. The zero-order chi connectivity index (χ0) is 14.1. The zero-order valence-electron chi connectivity index (χ0n) is 12.0. The van der Waals surface area contributed by atoms with E-state index in [-0.39, 0.29) is 0 Å². The van der Waals surface area contributed by atoms with Gasteiger partial charge in [0.15, 0.2) is 17.3 Å². The second-order valence-electron chi connectivity index (χ2n) is 5.41. The number of imidazole rings is 1. The largest absolute Gasteiger partial charge is 0.355 e. The van der Waals surface area contributed by atoms with Crippen LogP contribution >= 0.6 is 0 Å². The van der Waals surface area contributed by atoms with Gasteiger partial charge in [-0.05, 0) is 26.4 Å². The van der Waals surface area contributed by atoms with Crippen molar-refractivity contribution in [2.45, 2.75) is 18.9 Å². The molecule has 0 aliphatic carbocycles. The fourth-order valence-corrected chi connectivity index (χ4v) is 2.85. The Kier molecular flexibility index (Phi) is 3.45. The van der Waals surface area contributed by atoms with E-state index in [9.17, 15) is 0 Å². The van der Waals surface area contributed by atoms with Crippen LogP contribution in [0.25, 0.3) is 5.65 Å². The summed E-state index contributed by atoms with van der Waals surface area (Å²) in [7, 11) is 4.24. The first-order chi connectivity index (χ1) is 9.69. The number of nitrogen functional groups attached to an aromatic ring is 1. The molecule has 0 amide bonds. The van der Waals surface area contributed by atoms with Crippen LogP contribution in [0.3, 0.4) is 0 Å². The van der Waals surface area contributed by atoms with E-state index in [0.717, 1.165) is 18.0 Å². The molecule has 1 aliphatic heterocycles. The van der Waals surface area contributed by atoms with Crippen LogP contribution in [0.15, 0.2) is 18.6 Å². The summed E-state index contributed by atoms with van der Waals surface area (Å²) in [4.78, 5) is 13.5. The van der Waals surface area contributed by atoms with Gasteiger partial charge in [-0.2, -0.15) is 0 Å². The Bertz CT molecular complexity index is 593. The van der Waals surface area contributed by atoms with Crippen molar-refractivity contribution in [2.75, 3.05) is 37.5 Å². The Morgan fingerprint density at radius 1 is 1.55 bits per heavy atom. The number of aromatic nitrogens is 3. The molecule has 2 aromatic heterocycles. The molecule has 0 bridgehead atoms. The molecule has 1 atom stereocenters. The highest BCUT2D eigenvalue weighted by Crippen LogP contribution is 2.22. The van der Waals surface area contributed by atoms with Gasteiger partial charge < -0.3 is 19.6 Å².